The fourth-order valence-corrected chi connectivity index (χ4v) is 4.13. The summed E-state index contributed by atoms with van der Waals surface area (Å²) in [6.07, 6.45) is 0.839. The number of hydrogen-bond acceptors (Lipinski definition) is 4. The van der Waals surface area contributed by atoms with Gasteiger partial charge in [-0.1, -0.05) is 48.6 Å². The van der Waals surface area contributed by atoms with E-state index < -0.39 is 5.69 Å². The van der Waals surface area contributed by atoms with Gasteiger partial charge in [-0.25, -0.2) is 0 Å². The summed E-state index contributed by atoms with van der Waals surface area (Å²) in [6.45, 7) is 4.49. The van der Waals surface area contributed by atoms with Gasteiger partial charge in [-0.2, -0.15) is 0 Å². The number of aryl methyl sites for hydroxylation is 1. The van der Waals surface area contributed by atoms with Crippen molar-refractivity contribution in [2.75, 3.05) is 6.61 Å². The first kappa shape index (κ1) is 18.8. The third-order valence-electron chi connectivity index (χ3n) is 1.96. The van der Waals surface area contributed by atoms with Gasteiger partial charge in [0.2, 0.25) is 0 Å². The minimum absolute atomic E-state index is 0. The summed E-state index contributed by atoms with van der Waals surface area (Å²) in [5, 5.41) is 0. The van der Waals surface area contributed by atoms with Crippen LogP contribution in [0.1, 0.15) is 24.5 Å². The van der Waals surface area contributed by atoms with E-state index in [1.165, 1.54) is 16.9 Å². The second-order valence-corrected chi connectivity index (χ2v) is 9.59. The summed E-state index contributed by atoms with van der Waals surface area (Å²) in [6, 6.07) is 8.13. The predicted molar refractivity (Wildman–Crippen MR) is 73.0 cm³/mol. The van der Waals surface area contributed by atoms with Gasteiger partial charge in [-0.15, -0.1) is 11.4 Å². The Balaban J connectivity index is 0.00000256. The Labute approximate surface area is 155 Å². The van der Waals surface area contributed by atoms with Gasteiger partial charge >= 0.3 is 51.4 Å². The van der Waals surface area contributed by atoms with Crippen LogP contribution in [0.2, 0.25) is 0 Å². The largest absolute Gasteiger partial charge is 1.00 e. The molecule has 0 heterocycles. The van der Waals surface area contributed by atoms with Crippen molar-refractivity contribution in [2.24, 2.45) is 0 Å². The van der Waals surface area contributed by atoms with Gasteiger partial charge in [0.05, 0.1) is 6.61 Å². The third kappa shape index (κ3) is 8.53. The summed E-state index contributed by atoms with van der Waals surface area (Å²) in [4.78, 5) is 11.8. The van der Waals surface area contributed by atoms with E-state index in [1.807, 2.05) is 38.1 Å². The van der Waals surface area contributed by atoms with Crippen molar-refractivity contribution >= 4 is 28.9 Å². The molecule has 2 nitrogen and oxygen atoms in total. The molecule has 0 N–H and O–H groups in total. The fraction of sp³-hybridized carbons (Fsp3) is 0.455. The average molecular weight is 314 g/mol. The molecule has 1 atom stereocenters. The molecule has 6 heteroatoms. The van der Waals surface area contributed by atoms with Crippen LogP contribution in [0, 0.1) is 6.92 Å². The zero-order valence-corrected chi connectivity index (χ0v) is 16.2. The van der Waals surface area contributed by atoms with E-state index in [9.17, 15) is 4.89 Å². The van der Waals surface area contributed by atoms with Crippen LogP contribution in [-0.4, -0.2) is 6.61 Å². The van der Waals surface area contributed by atoms with Crippen LogP contribution in [0.15, 0.2) is 24.3 Å². The normalized spacial score (nSPS) is 13.8. The van der Waals surface area contributed by atoms with Gasteiger partial charge in [0.25, 0.3) is 0 Å². The molecule has 0 saturated carbocycles. The summed E-state index contributed by atoms with van der Waals surface area (Å²) in [5.41, 5.74) is -0.541. The number of hydrogen-bond donors (Lipinski definition) is 0. The summed E-state index contributed by atoms with van der Waals surface area (Å²) >= 11 is 6.16. The second-order valence-electron chi connectivity index (χ2n) is 3.54. The maximum absolute atomic E-state index is 11.8. The fourth-order valence-electron chi connectivity index (χ4n) is 1.08. The summed E-state index contributed by atoms with van der Waals surface area (Å²) in [5.74, 6) is 0.644. The van der Waals surface area contributed by atoms with Gasteiger partial charge in [-0.3, -0.25) is 0 Å². The van der Waals surface area contributed by atoms with Gasteiger partial charge in [0.1, 0.15) is 0 Å². The SMILES string of the molecule is CCCOP([O-])(=S)SCc1ccc(C)cc1.[K+]. The van der Waals surface area contributed by atoms with Gasteiger partial charge in [-0.05, 0) is 18.9 Å². The average Bonchev–Trinajstić information content (AvgIpc) is 2.26. The van der Waals surface area contributed by atoms with Crippen molar-refractivity contribution in [3.8, 4) is 0 Å². The molecule has 0 aliphatic rings. The zero-order chi connectivity index (χ0) is 12.0. The summed E-state index contributed by atoms with van der Waals surface area (Å²) in [7, 11) is 0. The van der Waals surface area contributed by atoms with E-state index in [0.29, 0.717) is 12.4 Å². The van der Waals surface area contributed by atoms with Crippen LogP contribution in [0.5, 0.6) is 0 Å². The molecule has 1 aromatic carbocycles. The van der Waals surface area contributed by atoms with E-state index in [4.69, 9.17) is 16.3 Å². The van der Waals surface area contributed by atoms with Crippen molar-refractivity contribution in [2.45, 2.75) is 26.0 Å². The van der Waals surface area contributed by atoms with E-state index in [1.54, 1.807) is 0 Å². The molecule has 0 saturated heterocycles. The van der Waals surface area contributed by atoms with Crippen molar-refractivity contribution < 1.29 is 60.8 Å². The first-order valence-electron chi connectivity index (χ1n) is 5.19. The maximum atomic E-state index is 11.8. The topological polar surface area (TPSA) is 32.3 Å². The molecule has 0 aliphatic carbocycles. The van der Waals surface area contributed by atoms with Crippen molar-refractivity contribution in [1.82, 2.24) is 0 Å². The molecule has 0 aliphatic heterocycles. The van der Waals surface area contributed by atoms with E-state index in [2.05, 4.69) is 0 Å². The Morgan fingerprint density at radius 1 is 1.35 bits per heavy atom. The van der Waals surface area contributed by atoms with Crippen molar-refractivity contribution in [3.05, 3.63) is 35.4 Å². The van der Waals surface area contributed by atoms with Crippen molar-refractivity contribution in [1.29, 1.82) is 0 Å². The third-order valence-corrected chi connectivity index (χ3v) is 6.16. The predicted octanol–water partition coefficient (Wildman–Crippen LogP) is 0.244. The molecule has 17 heavy (non-hydrogen) atoms. The summed E-state index contributed by atoms with van der Waals surface area (Å²) < 4.78 is 5.16. The minimum Gasteiger partial charge on any atom is -0.793 e. The van der Waals surface area contributed by atoms with Gasteiger partial charge in [0.15, 0.2) is 0 Å². The molecular weight excluding hydrogens is 298 g/mol. The Bertz CT molecular complexity index is 370. The number of benzene rings is 1. The quantitative estimate of drug-likeness (QED) is 0.556. The molecule has 1 rings (SSSR count). The van der Waals surface area contributed by atoms with Crippen LogP contribution in [0.25, 0.3) is 0 Å². The van der Waals surface area contributed by atoms with Crippen LogP contribution in [-0.2, 0) is 22.1 Å². The van der Waals surface area contributed by atoms with E-state index in [-0.39, 0.29) is 51.4 Å². The molecular formula is C11H16KO2PS2. The van der Waals surface area contributed by atoms with Crippen LogP contribution in [0.4, 0.5) is 0 Å². The first-order chi connectivity index (χ1) is 7.53. The van der Waals surface area contributed by atoms with Crippen LogP contribution in [0.3, 0.4) is 0 Å². The Kier molecular flexibility index (Phi) is 10.7. The Morgan fingerprint density at radius 2 is 1.94 bits per heavy atom. The second kappa shape index (κ2) is 9.64. The smallest absolute Gasteiger partial charge is 0.793 e. The standard InChI is InChI=1S/C11H17O2PS2.K/c1-3-8-13-14(12,15)16-9-11-6-4-10(2)5-7-11;/h4-7H,3,8-9H2,1-2H3,(H,12,15);/q;+1/p-1. The molecule has 0 aromatic heterocycles. The molecule has 1 unspecified atom stereocenters. The zero-order valence-electron chi connectivity index (χ0n) is 10.5. The number of rotatable bonds is 6. The molecule has 0 fully saturated rings. The van der Waals surface area contributed by atoms with E-state index >= 15 is 0 Å². The molecule has 0 spiro atoms. The molecule has 0 radical (unpaired) electrons. The monoisotopic (exact) mass is 314 g/mol. The maximum Gasteiger partial charge on any atom is 1.00 e. The Hall–Kier alpha value is 1.78. The molecule has 0 amide bonds. The van der Waals surface area contributed by atoms with Crippen molar-refractivity contribution in [3.63, 3.8) is 0 Å². The minimum atomic E-state index is -2.89. The first-order valence-corrected chi connectivity index (χ1v) is 9.42. The molecule has 0 bridgehead atoms. The van der Waals surface area contributed by atoms with Crippen LogP contribution < -0.4 is 56.3 Å². The Morgan fingerprint density at radius 3 is 2.47 bits per heavy atom. The molecule has 90 valence electrons. The van der Waals surface area contributed by atoms with Crippen LogP contribution >= 0.6 is 17.1 Å². The molecule has 1 aromatic rings. The van der Waals surface area contributed by atoms with Gasteiger partial charge in [0, 0.05) is 11.4 Å². The van der Waals surface area contributed by atoms with E-state index in [0.717, 1.165) is 12.0 Å². The van der Waals surface area contributed by atoms with Gasteiger partial charge < -0.3 is 9.42 Å².